The van der Waals surface area contributed by atoms with Gasteiger partial charge in [-0.05, 0) is 80.1 Å². The third-order valence-corrected chi connectivity index (χ3v) is 11.7. The fourth-order valence-corrected chi connectivity index (χ4v) is 8.72. The molecule has 0 N–H and O–H groups in total. The molecule has 4 heteroatoms. The summed E-state index contributed by atoms with van der Waals surface area (Å²) in [7, 11) is 0. The second kappa shape index (κ2) is 16.6. The molecule has 8 aromatic carbocycles. The second-order valence-electron chi connectivity index (χ2n) is 15.7. The fourth-order valence-electron chi connectivity index (χ4n) is 8.72. The van der Waals surface area contributed by atoms with Crippen molar-refractivity contribution in [3.05, 3.63) is 236 Å². The Morgan fingerprint density at radius 2 is 0.683 bits per heavy atom. The monoisotopic (exact) mass is 804 g/mol. The quantitative estimate of drug-likeness (QED) is 0.144. The molecule has 4 nitrogen and oxygen atoms in total. The molecule has 1 aliphatic carbocycles. The van der Waals surface area contributed by atoms with Crippen molar-refractivity contribution >= 4 is 27.1 Å². The molecule has 0 saturated heterocycles. The summed E-state index contributed by atoms with van der Waals surface area (Å²) >= 11 is 0. The Hall–Kier alpha value is -8.34. The number of hydrogen-bond donors (Lipinski definition) is 0. The van der Waals surface area contributed by atoms with Gasteiger partial charge in [0.15, 0.2) is 11.6 Å². The normalized spacial score (nSPS) is 12.3. The van der Waals surface area contributed by atoms with Gasteiger partial charge in [0.2, 0.25) is 0 Å². The molecule has 0 saturated carbocycles. The van der Waals surface area contributed by atoms with E-state index in [0.29, 0.717) is 11.6 Å². The lowest BCUT2D eigenvalue weighted by Crippen LogP contribution is -1.99. The summed E-state index contributed by atoms with van der Waals surface area (Å²) in [6.07, 6.45) is 11.4. The summed E-state index contributed by atoms with van der Waals surface area (Å²) in [5.74, 6) is 1.40. The highest BCUT2D eigenvalue weighted by atomic mass is 14.9. The third kappa shape index (κ3) is 7.45. The van der Waals surface area contributed by atoms with Crippen molar-refractivity contribution in [3.8, 4) is 78.8 Å². The minimum Gasteiger partial charge on any atom is -0.228 e. The molecular weight excluding hydrogens is 765 g/mol. The van der Waals surface area contributed by atoms with E-state index in [1.165, 1.54) is 32.7 Å². The van der Waals surface area contributed by atoms with Crippen LogP contribution < -0.4 is 0 Å². The van der Waals surface area contributed by atoms with E-state index in [9.17, 15) is 0 Å². The van der Waals surface area contributed by atoms with Crippen molar-refractivity contribution in [2.75, 3.05) is 0 Å². The molecule has 296 valence electrons. The maximum Gasteiger partial charge on any atom is 0.160 e. The fraction of sp³-hybridized carbons (Fsp3) is 0.0169. The number of rotatable bonds is 8. The number of fused-ring (bicyclic) bond motifs is 3. The van der Waals surface area contributed by atoms with Gasteiger partial charge in [-0.25, -0.2) is 19.9 Å². The number of aromatic nitrogens is 4. The van der Waals surface area contributed by atoms with Gasteiger partial charge < -0.3 is 0 Å². The zero-order valence-corrected chi connectivity index (χ0v) is 34.4. The summed E-state index contributed by atoms with van der Waals surface area (Å²) in [6, 6.07) is 70.4. The van der Waals surface area contributed by atoms with Crippen LogP contribution in [0.3, 0.4) is 0 Å². The lowest BCUT2D eigenvalue weighted by molar-refractivity contribution is 1.14. The predicted octanol–water partition coefficient (Wildman–Crippen LogP) is 15.1. The number of allylic oxidation sites excluding steroid dienone is 6. The largest absolute Gasteiger partial charge is 0.228 e. The minimum absolute atomic E-state index is 0.692. The maximum absolute atomic E-state index is 5.24. The Morgan fingerprint density at radius 3 is 1.21 bits per heavy atom. The molecule has 0 atom stereocenters. The van der Waals surface area contributed by atoms with Crippen LogP contribution in [-0.4, -0.2) is 19.9 Å². The average molecular weight is 805 g/mol. The molecule has 0 aliphatic heterocycles. The molecule has 1 aliphatic rings. The first-order chi connectivity index (χ1) is 31.2. The summed E-state index contributed by atoms with van der Waals surface area (Å²) in [4.78, 5) is 20.6. The molecule has 0 spiro atoms. The van der Waals surface area contributed by atoms with E-state index < -0.39 is 0 Å². The van der Waals surface area contributed by atoms with Crippen LogP contribution in [0, 0.1) is 0 Å². The van der Waals surface area contributed by atoms with Gasteiger partial charge in [-0.15, -0.1) is 0 Å². The van der Waals surface area contributed by atoms with Crippen LogP contribution >= 0.6 is 0 Å². The molecule has 0 radical (unpaired) electrons. The number of hydrogen-bond acceptors (Lipinski definition) is 4. The third-order valence-electron chi connectivity index (χ3n) is 11.7. The van der Waals surface area contributed by atoms with E-state index in [0.717, 1.165) is 73.7 Å². The van der Waals surface area contributed by atoms with Crippen LogP contribution in [0.15, 0.2) is 231 Å². The lowest BCUT2D eigenvalue weighted by Gasteiger charge is -2.20. The predicted molar refractivity (Wildman–Crippen MR) is 262 cm³/mol. The van der Waals surface area contributed by atoms with Crippen molar-refractivity contribution in [3.63, 3.8) is 0 Å². The average Bonchev–Trinajstić information content (AvgIpc) is 3.67. The molecule has 11 rings (SSSR count). The van der Waals surface area contributed by atoms with Gasteiger partial charge in [0.25, 0.3) is 0 Å². The van der Waals surface area contributed by atoms with Crippen molar-refractivity contribution in [1.29, 1.82) is 0 Å². The van der Waals surface area contributed by atoms with Crippen molar-refractivity contribution in [2.45, 2.75) is 6.42 Å². The zero-order valence-electron chi connectivity index (χ0n) is 34.4. The second-order valence-corrected chi connectivity index (χ2v) is 15.7. The molecule has 0 fully saturated rings. The van der Waals surface area contributed by atoms with Gasteiger partial charge in [0.1, 0.15) is 0 Å². The van der Waals surface area contributed by atoms with Crippen molar-refractivity contribution in [1.82, 2.24) is 19.9 Å². The molecule has 2 aromatic heterocycles. The standard InChI is InChI=1S/C59H40N4/c1-2-7-21-40(20-6-1)52-38-54(62-58(60-52)42-24-10-4-11-25-42)44-28-18-30-46(36-44)56-50-34-16-14-32-48(50)49-33-15-17-35-51(49)57(56)47-31-19-29-45(37-47)55-39-53(41-22-8-3-9-23-41)61-59(63-55)43-26-12-5-13-27-43/h1-20,22-39H,21H2. The number of benzene rings is 8. The first-order valence-electron chi connectivity index (χ1n) is 21.4. The molecule has 2 heterocycles. The summed E-state index contributed by atoms with van der Waals surface area (Å²) in [5.41, 5.74) is 14.3. The molecular formula is C59H40N4. The maximum atomic E-state index is 5.24. The summed E-state index contributed by atoms with van der Waals surface area (Å²) in [6.45, 7) is 0. The van der Waals surface area contributed by atoms with Crippen LogP contribution in [-0.2, 0) is 0 Å². The first kappa shape index (κ1) is 37.6. The zero-order chi connectivity index (χ0) is 42.0. The Labute approximate surface area is 367 Å². The minimum atomic E-state index is 0.692. The molecule has 10 aromatic rings. The van der Waals surface area contributed by atoms with E-state index in [-0.39, 0.29) is 0 Å². The highest BCUT2D eigenvalue weighted by Gasteiger charge is 2.20. The lowest BCUT2D eigenvalue weighted by atomic mass is 9.84. The van der Waals surface area contributed by atoms with Gasteiger partial charge in [-0.3, -0.25) is 0 Å². The highest BCUT2D eigenvalue weighted by Crippen LogP contribution is 2.46. The van der Waals surface area contributed by atoms with Gasteiger partial charge in [-0.1, -0.05) is 206 Å². The Morgan fingerprint density at radius 1 is 0.286 bits per heavy atom. The Bertz CT molecular complexity index is 3350. The van der Waals surface area contributed by atoms with Crippen LogP contribution in [0.5, 0.6) is 0 Å². The van der Waals surface area contributed by atoms with E-state index in [2.05, 4.69) is 188 Å². The van der Waals surface area contributed by atoms with Gasteiger partial charge in [0, 0.05) is 27.8 Å². The van der Waals surface area contributed by atoms with Crippen molar-refractivity contribution in [2.24, 2.45) is 0 Å². The number of nitrogens with zero attached hydrogens (tertiary/aromatic N) is 4. The van der Waals surface area contributed by atoms with Crippen LogP contribution in [0.25, 0.3) is 106 Å². The molecule has 0 amide bonds. The van der Waals surface area contributed by atoms with Gasteiger partial charge in [-0.2, -0.15) is 0 Å². The Balaban J connectivity index is 1.12. The molecule has 0 bridgehead atoms. The summed E-state index contributed by atoms with van der Waals surface area (Å²) in [5, 5.41) is 4.79. The van der Waals surface area contributed by atoms with Crippen LogP contribution in [0.1, 0.15) is 12.1 Å². The van der Waals surface area contributed by atoms with Crippen molar-refractivity contribution < 1.29 is 0 Å². The first-order valence-corrected chi connectivity index (χ1v) is 21.4. The highest BCUT2D eigenvalue weighted by molar-refractivity contribution is 6.21. The smallest absolute Gasteiger partial charge is 0.160 e. The van der Waals surface area contributed by atoms with E-state index in [1.54, 1.807) is 0 Å². The van der Waals surface area contributed by atoms with E-state index in [1.807, 2.05) is 42.5 Å². The SMILES string of the molecule is C1=CC=C(c2cc(-c3cccc(-c4c(-c5cccc(-c6cc(-c7ccccc7)nc(-c7ccccc7)n6)c5)c5ccccc5c5ccccc45)c3)nc(-c3ccccc3)n2)CC=C1. The van der Waals surface area contributed by atoms with E-state index >= 15 is 0 Å². The molecule has 0 unspecified atom stereocenters. The Kier molecular flexibility index (Phi) is 9.92. The topological polar surface area (TPSA) is 51.6 Å². The van der Waals surface area contributed by atoms with Crippen LogP contribution in [0.4, 0.5) is 0 Å². The van der Waals surface area contributed by atoms with Gasteiger partial charge in [0.05, 0.1) is 22.8 Å². The van der Waals surface area contributed by atoms with E-state index in [4.69, 9.17) is 19.9 Å². The van der Waals surface area contributed by atoms with Gasteiger partial charge >= 0.3 is 0 Å². The summed E-state index contributed by atoms with van der Waals surface area (Å²) < 4.78 is 0. The molecule has 63 heavy (non-hydrogen) atoms. The van der Waals surface area contributed by atoms with Crippen LogP contribution in [0.2, 0.25) is 0 Å².